The highest BCUT2D eigenvalue weighted by molar-refractivity contribution is 6.01. The topological polar surface area (TPSA) is 77.0 Å². The Hall–Kier alpha value is -2.37. The molecule has 0 radical (unpaired) electrons. The molecule has 2 rings (SSSR count). The second kappa shape index (κ2) is 6.17. The highest BCUT2D eigenvalue weighted by Gasteiger charge is 2.20. The lowest BCUT2D eigenvalue weighted by Crippen LogP contribution is -2.14. The molecule has 0 aromatic carbocycles. The number of nitrogens with one attached hydrogen (secondary N) is 1. The third-order valence-corrected chi connectivity index (χ3v) is 3.63. The lowest BCUT2D eigenvalue weighted by molar-refractivity contribution is 0.0479. The summed E-state index contributed by atoms with van der Waals surface area (Å²) in [7, 11) is 0. The summed E-state index contributed by atoms with van der Waals surface area (Å²) in [5, 5.41) is 4.31. The van der Waals surface area contributed by atoms with Gasteiger partial charge in [-0.25, -0.2) is 4.79 Å². The van der Waals surface area contributed by atoms with Crippen LogP contribution in [0.5, 0.6) is 0 Å². The van der Waals surface area contributed by atoms with Crippen LogP contribution in [0.3, 0.4) is 0 Å². The molecule has 0 aliphatic rings. The van der Waals surface area contributed by atoms with Gasteiger partial charge in [0, 0.05) is 17.0 Å². The number of ketones is 1. The van der Waals surface area contributed by atoms with E-state index in [0.29, 0.717) is 29.1 Å². The van der Waals surface area contributed by atoms with Crippen molar-refractivity contribution in [2.24, 2.45) is 0 Å². The zero-order valence-electron chi connectivity index (χ0n) is 13.6. The Morgan fingerprint density at radius 1 is 1.27 bits per heavy atom. The predicted molar refractivity (Wildman–Crippen MR) is 82.3 cm³/mol. The number of carbonyl (C=O) groups excluding carboxylic acids is 2. The molecule has 118 valence electrons. The number of H-pyrrole nitrogens is 1. The van der Waals surface area contributed by atoms with Crippen molar-refractivity contribution >= 4 is 11.8 Å². The van der Waals surface area contributed by atoms with E-state index in [1.165, 1.54) is 6.92 Å². The Morgan fingerprint density at radius 2 is 1.95 bits per heavy atom. The normalized spacial score (nSPS) is 10.8. The van der Waals surface area contributed by atoms with Crippen LogP contribution in [-0.4, -0.2) is 33.1 Å². The summed E-state index contributed by atoms with van der Waals surface area (Å²) in [5.41, 5.74) is 4.20. The molecule has 1 N–H and O–H groups in total. The third-order valence-electron chi connectivity index (χ3n) is 3.63. The van der Waals surface area contributed by atoms with Gasteiger partial charge in [0.05, 0.1) is 12.2 Å². The predicted octanol–water partition coefficient (Wildman–Crippen LogP) is 2.50. The van der Waals surface area contributed by atoms with Crippen molar-refractivity contribution in [3.63, 3.8) is 0 Å². The van der Waals surface area contributed by atoms with Gasteiger partial charge in [0.25, 0.3) is 0 Å². The van der Waals surface area contributed by atoms with Crippen LogP contribution in [0.2, 0.25) is 0 Å². The number of rotatable bonds is 5. The molecule has 0 atom stereocenters. The maximum Gasteiger partial charge on any atom is 0.355 e. The molecular weight excluding hydrogens is 282 g/mol. The van der Waals surface area contributed by atoms with E-state index in [-0.39, 0.29) is 12.4 Å². The van der Waals surface area contributed by atoms with E-state index in [4.69, 9.17) is 4.74 Å². The summed E-state index contributed by atoms with van der Waals surface area (Å²) < 4.78 is 7.08. The van der Waals surface area contributed by atoms with E-state index < -0.39 is 5.97 Å². The van der Waals surface area contributed by atoms with Crippen molar-refractivity contribution < 1.29 is 14.3 Å². The molecule has 0 fully saturated rings. The number of aryl methyl sites for hydroxylation is 3. The van der Waals surface area contributed by atoms with Crippen LogP contribution >= 0.6 is 0 Å². The van der Waals surface area contributed by atoms with E-state index in [0.717, 1.165) is 11.4 Å². The van der Waals surface area contributed by atoms with Crippen LogP contribution in [-0.2, 0) is 11.3 Å². The zero-order chi connectivity index (χ0) is 16.4. The summed E-state index contributed by atoms with van der Waals surface area (Å²) >= 11 is 0. The molecule has 0 aliphatic carbocycles. The fraction of sp³-hybridized carbons (Fsp3) is 0.438. The van der Waals surface area contributed by atoms with Gasteiger partial charge in [0.15, 0.2) is 5.78 Å². The Bertz CT molecular complexity index is 725. The number of aromatic amines is 1. The van der Waals surface area contributed by atoms with Crippen molar-refractivity contribution in [2.75, 3.05) is 6.61 Å². The van der Waals surface area contributed by atoms with Gasteiger partial charge in [-0.15, -0.1) is 0 Å². The molecule has 0 amide bonds. The van der Waals surface area contributed by atoms with E-state index in [1.807, 2.05) is 19.9 Å². The molecule has 22 heavy (non-hydrogen) atoms. The molecule has 2 aromatic rings. The Balaban J connectivity index is 2.03. The first kappa shape index (κ1) is 16.0. The highest BCUT2D eigenvalue weighted by Crippen LogP contribution is 2.19. The number of hydrogen-bond donors (Lipinski definition) is 1. The highest BCUT2D eigenvalue weighted by atomic mass is 16.5. The van der Waals surface area contributed by atoms with Crippen molar-refractivity contribution in [1.29, 1.82) is 0 Å². The molecular formula is C16H21N3O3. The van der Waals surface area contributed by atoms with Gasteiger partial charge in [-0.2, -0.15) is 5.10 Å². The maximum absolute atomic E-state index is 12.1. The van der Waals surface area contributed by atoms with Gasteiger partial charge in [0.1, 0.15) is 12.3 Å². The summed E-state index contributed by atoms with van der Waals surface area (Å²) in [6, 6.07) is 1.97. The summed E-state index contributed by atoms with van der Waals surface area (Å²) in [5.74, 6) is -0.512. The van der Waals surface area contributed by atoms with Gasteiger partial charge in [0.2, 0.25) is 0 Å². The maximum atomic E-state index is 12.1. The number of nitrogens with zero attached hydrogens (tertiary/aromatic N) is 2. The molecule has 2 aromatic heterocycles. The fourth-order valence-electron chi connectivity index (χ4n) is 2.68. The first-order valence-corrected chi connectivity index (χ1v) is 7.19. The number of aromatic nitrogens is 3. The van der Waals surface area contributed by atoms with E-state index in [2.05, 4.69) is 10.1 Å². The molecule has 0 unspecified atom stereocenters. The molecule has 2 heterocycles. The Kier molecular flexibility index (Phi) is 4.49. The summed E-state index contributed by atoms with van der Waals surface area (Å²) in [6.07, 6.45) is 0. The van der Waals surface area contributed by atoms with Crippen molar-refractivity contribution in [3.8, 4) is 0 Å². The van der Waals surface area contributed by atoms with Gasteiger partial charge in [-0.3, -0.25) is 9.48 Å². The first-order chi connectivity index (χ1) is 10.3. The SMILES string of the molecule is CC(=O)c1c(C)[nH]c(C(=O)OCCn2nc(C)cc2C)c1C. The lowest BCUT2D eigenvalue weighted by Gasteiger charge is -2.06. The average Bonchev–Trinajstić information content (AvgIpc) is 2.89. The lowest BCUT2D eigenvalue weighted by atomic mass is 10.1. The van der Waals surface area contributed by atoms with Gasteiger partial charge in [-0.05, 0) is 46.2 Å². The molecule has 0 saturated heterocycles. The Labute approximate surface area is 129 Å². The number of hydrogen-bond acceptors (Lipinski definition) is 4. The first-order valence-electron chi connectivity index (χ1n) is 7.19. The van der Waals surface area contributed by atoms with Gasteiger partial charge < -0.3 is 9.72 Å². The number of ether oxygens (including phenoxy) is 1. The third kappa shape index (κ3) is 3.10. The van der Waals surface area contributed by atoms with E-state index >= 15 is 0 Å². The smallest absolute Gasteiger partial charge is 0.355 e. The average molecular weight is 303 g/mol. The van der Waals surface area contributed by atoms with Crippen LogP contribution in [0.4, 0.5) is 0 Å². The largest absolute Gasteiger partial charge is 0.459 e. The minimum atomic E-state index is -0.449. The second-order valence-corrected chi connectivity index (χ2v) is 5.47. The van der Waals surface area contributed by atoms with Crippen LogP contribution in [0.25, 0.3) is 0 Å². The molecule has 0 aliphatic heterocycles. The minimum Gasteiger partial charge on any atom is -0.459 e. The molecule has 0 spiro atoms. The van der Waals surface area contributed by atoms with E-state index in [1.54, 1.807) is 18.5 Å². The number of esters is 1. The molecule has 6 heteroatoms. The van der Waals surface area contributed by atoms with Crippen molar-refractivity contribution in [2.45, 2.75) is 41.2 Å². The summed E-state index contributed by atoms with van der Waals surface area (Å²) in [6.45, 7) is 9.62. The van der Waals surface area contributed by atoms with Crippen molar-refractivity contribution in [1.82, 2.24) is 14.8 Å². The minimum absolute atomic E-state index is 0.0621. The van der Waals surface area contributed by atoms with E-state index in [9.17, 15) is 9.59 Å². The molecule has 6 nitrogen and oxygen atoms in total. The number of carbonyl (C=O) groups is 2. The second-order valence-electron chi connectivity index (χ2n) is 5.47. The molecule has 0 bridgehead atoms. The fourth-order valence-corrected chi connectivity index (χ4v) is 2.68. The van der Waals surface area contributed by atoms with Crippen LogP contribution in [0, 0.1) is 27.7 Å². The molecule has 0 saturated carbocycles. The van der Waals surface area contributed by atoms with Crippen molar-refractivity contribution in [3.05, 3.63) is 40.0 Å². The summed E-state index contributed by atoms with van der Waals surface area (Å²) in [4.78, 5) is 26.7. The van der Waals surface area contributed by atoms with Crippen LogP contribution < -0.4 is 0 Å². The van der Waals surface area contributed by atoms with Gasteiger partial charge in [-0.1, -0.05) is 0 Å². The van der Waals surface area contributed by atoms with Crippen LogP contribution in [0.15, 0.2) is 6.07 Å². The standard InChI is InChI=1S/C16H21N3O3/c1-9-8-10(2)19(18-9)6-7-22-16(21)15-11(3)14(13(5)20)12(4)17-15/h8,17H,6-7H2,1-5H3. The monoisotopic (exact) mass is 303 g/mol. The quantitative estimate of drug-likeness (QED) is 0.680. The Morgan fingerprint density at radius 3 is 2.45 bits per heavy atom. The zero-order valence-corrected chi connectivity index (χ0v) is 13.6. The van der Waals surface area contributed by atoms with Crippen LogP contribution in [0.1, 0.15) is 50.4 Å². The number of Topliss-reactive ketones (excluding diaryl/α,β-unsaturated/α-hetero) is 1. The van der Waals surface area contributed by atoms with Gasteiger partial charge >= 0.3 is 5.97 Å².